The lowest BCUT2D eigenvalue weighted by molar-refractivity contribution is -0.143. The molecule has 0 bridgehead atoms. The Morgan fingerprint density at radius 3 is 1.45 bits per heavy atom. The predicted molar refractivity (Wildman–Crippen MR) is 32.9 cm³/mol. The summed E-state index contributed by atoms with van der Waals surface area (Å²) in [7, 11) is 0. The molecule has 6 nitrogen and oxygen atoms in total. The molecule has 11 heavy (non-hydrogen) atoms. The van der Waals surface area contributed by atoms with Gasteiger partial charge in [0.15, 0.2) is 0 Å². The molecular weight excluding hydrogens is 154 g/mol. The second kappa shape index (κ2) is 8.32. The molecule has 0 fully saturated rings. The zero-order valence-electron chi connectivity index (χ0n) is 5.53. The van der Waals surface area contributed by atoms with Gasteiger partial charge in [-0.2, -0.15) is 0 Å². The molecule has 3 N–H and O–H groups in total. The van der Waals surface area contributed by atoms with E-state index in [-0.39, 0.29) is 12.8 Å². The maximum atomic E-state index is 9.64. The molecule has 0 spiro atoms. The summed E-state index contributed by atoms with van der Waals surface area (Å²) >= 11 is 0. The first-order valence-electron chi connectivity index (χ1n) is 2.52. The third-order valence-corrected chi connectivity index (χ3v) is 0.553. The number of aliphatic carboxylic acids is 2. The van der Waals surface area contributed by atoms with Crippen molar-refractivity contribution in [2.45, 2.75) is 12.8 Å². The van der Waals surface area contributed by atoms with Crippen molar-refractivity contribution >= 4 is 18.0 Å². The fourth-order valence-corrected chi connectivity index (χ4v) is 0.214. The van der Waals surface area contributed by atoms with E-state index in [4.69, 9.17) is 20.4 Å². The molecule has 0 unspecified atom stereocenters. The number of hydrogen-bond donors (Lipinski definition) is 3. The van der Waals surface area contributed by atoms with E-state index < -0.39 is 11.9 Å². The van der Waals surface area contributed by atoms with Gasteiger partial charge in [-0.25, -0.2) is 10.2 Å². The third kappa shape index (κ3) is 30.1. The van der Waals surface area contributed by atoms with Crippen molar-refractivity contribution in [3.05, 3.63) is 0 Å². The average Bonchev–Trinajstić information content (AvgIpc) is 1.85. The van der Waals surface area contributed by atoms with Gasteiger partial charge in [0.05, 0.1) is 12.8 Å². The minimum Gasteiger partial charge on any atom is -0.481 e. The first-order valence-corrected chi connectivity index (χ1v) is 2.52. The van der Waals surface area contributed by atoms with Crippen LogP contribution in [0.5, 0.6) is 0 Å². The molecule has 0 atom stereocenters. The minimum absolute atomic E-state index is 0.296. The van der Waals surface area contributed by atoms with Gasteiger partial charge in [0.2, 0.25) is 6.08 Å². The smallest absolute Gasteiger partial charge is 0.303 e. The maximum absolute atomic E-state index is 9.64. The quantitative estimate of drug-likeness (QED) is 0.392. The Hall–Kier alpha value is -1.68. The van der Waals surface area contributed by atoms with Crippen LogP contribution >= 0.6 is 0 Å². The zero-order valence-corrected chi connectivity index (χ0v) is 5.53. The number of carboxylic acid groups (broad SMARTS) is 2. The molecule has 0 aliphatic heterocycles. The summed E-state index contributed by atoms with van der Waals surface area (Å²) < 4.78 is 0. The summed E-state index contributed by atoms with van der Waals surface area (Å²) in [5.41, 5.74) is 0. The monoisotopic (exact) mass is 161 g/mol. The Morgan fingerprint density at radius 1 is 1.18 bits per heavy atom. The number of carbonyl (C=O) groups is 2. The van der Waals surface area contributed by atoms with Gasteiger partial charge in [-0.15, -0.1) is 0 Å². The molecule has 0 aliphatic rings. The number of isocyanates is 1. The predicted octanol–water partition coefficient (Wildman–Crippen LogP) is -0.163. The summed E-state index contributed by atoms with van der Waals surface area (Å²) in [5, 5.41) is 21.2. The lowest BCUT2D eigenvalue weighted by Crippen LogP contribution is -2.00. The lowest BCUT2D eigenvalue weighted by atomic mass is 10.3. The van der Waals surface area contributed by atoms with Crippen LogP contribution in [0, 0.1) is 5.41 Å². The van der Waals surface area contributed by atoms with E-state index in [1.165, 1.54) is 0 Å². The Morgan fingerprint density at radius 2 is 1.36 bits per heavy atom. The van der Waals surface area contributed by atoms with Gasteiger partial charge < -0.3 is 10.2 Å². The number of rotatable bonds is 3. The molecule has 0 heterocycles. The van der Waals surface area contributed by atoms with Crippen molar-refractivity contribution < 1.29 is 24.6 Å². The number of nitrogens with one attached hydrogen (secondary N) is 1. The second-order valence-electron chi connectivity index (χ2n) is 1.39. The van der Waals surface area contributed by atoms with Crippen LogP contribution in [0.15, 0.2) is 0 Å². The maximum Gasteiger partial charge on any atom is 0.303 e. The molecule has 0 aromatic rings. The fraction of sp³-hybridized carbons (Fsp3) is 0.400. The van der Waals surface area contributed by atoms with Crippen LogP contribution in [0.25, 0.3) is 0 Å². The van der Waals surface area contributed by atoms with Crippen molar-refractivity contribution in [2.24, 2.45) is 0 Å². The molecular formula is C5H7NO5. The van der Waals surface area contributed by atoms with E-state index in [1.807, 2.05) is 0 Å². The standard InChI is InChI=1S/C4H6O4.CHNO/c5-3(6)1-2-4(7)8;2-1-3/h1-2H2,(H,5,6)(H,7,8);2H. The zero-order chi connectivity index (χ0) is 9.28. The van der Waals surface area contributed by atoms with Crippen molar-refractivity contribution in [1.82, 2.24) is 0 Å². The van der Waals surface area contributed by atoms with E-state index in [9.17, 15) is 9.59 Å². The van der Waals surface area contributed by atoms with Crippen molar-refractivity contribution in [2.75, 3.05) is 0 Å². The van der Waals surface area contributed by atoms with Gasteiger partial charge in [-0.3, -0.25) is 9.59 Å². The molecule has 6 heteroatoms. The van der Waals surface area contributed by atoms with Gasteiger partial charge in [-0.05, 0) is 0 Å². The highest BCUT2D eigenvalue weighted by Gasteiger charge is 2.00. The van der Waals surface area contributed by atoms with E-state index in [2.05, 4.69) is 0 Å². The average molecular weight is 161 g/mol. The molecule has 0 saturated heterocycles. The second-order valence-corrected chi connectivity index (χ2v) is 1.39. The van der Waals surface area contributed by atoms with Crippen LogP contribution in [0.3, 0.4) is 0 Å². The minimum atomic E-state index is -1.08. The lowest BCUT2D eigenvalue weighted by Gasteiger charge is -1.85. The molecule has 62 valence electrons. The largest absolute Gasteiger partial charge is 0.481 e. The van der Waals surface area contributed by atoms with E-state index in [0.29, 0.717) is 0 Å². The molecule has 0 aromatic carbocycles. The SMILES string of the molecule is N=C=O.O=C(O)CCC(=O)O. The number of carbonyl (C=O) groups excluding carboxylic acids is 1. The molecule has 0 radical (unpaired) electrons. The van der Waals surface area contributed by atoms with Gasteiger partial charge in [0.25, 0.3) is 0 Å². The highest BCUT2D eigenvalue weighted by atomic mass is 16.4. The molecule has 0 aliphatic carbocycles. The van der Waals surface area contributed by atoms with Crippen LogP contribution in [0.1, 0.15) is 12.8 Å². The van der Waals surface area contributed by atoms with Gasteiger partial charge in [-0.1, -0.05) is 0 Å². The summed E-state index contributed by atoms with van der Waals surface area (Å²) in [4.78, 5) is 27.6. The van der Waals surface area contributed by atoms with Crippen LogP contribution in [0.2, 0.25) is 0 Å². The Bertz CT molecular complexity index is 156. The summed E-state index contributed by atoms with van der Waals surface area (Å²) in [6.45, 7) is 0. The number of carboxylic acids is 2. The Labute approximate surface area is 62.0 Å². The molecule has 0 rings (SSSR count). The first kappa shape index (κ1) is 12.0. The fourth-order valence-electron chi connectivity index (χ4n) is 0.214. The van der Waals surface area contributed by atoms with Crippen molar-refractivity contribution in [3.63, 3.8) is 0 Å². The third-order valence-electron chi connectivity index (χ3n) is 0.553. The normalized spacial score (nSPS) is 6.91. The summed E-state index contributed by atoms with van der Waals surface area (Å²) in [6.07, 6.45) is 0.157. The summed E-state index contributed by atoms with van der Waals surface area (Å²) in [6, 6.07) is 0. The van der Waals surface area contributed by atoms with E-state index >= 15 is 0 Å². The summed E-state index contributed by atoms with van der Waals surface area (Å²) in [5.74, 6) is -2.15. The Balaban J connectivity index is 0. The molecule has 0 saturated carbocycles. The van der Waals surface area contributed by atoms with Crippen LogP contribution in [-0.2, 0) is 14.4 Å². The van der Waals surface area contributed by atoms with Crippen molar-refractivity contribution in [1.29, 1.82) is 5.41 Å². The van der Waals surface area contributed by atoms with Crippen LogP contribution < -0.4 is 0 Å². The molecule has 0 aromatic heterocycles. The van der Waals surface area contributed by atoms with Gasteiger partial charge in [0.1, 0.15) is 0 Å². The van der Waals surface area contributed by atoms with Crippen LogP contribution in [-0.4, -0.2) is 28.2 Å². The van der Waals surface area contributed by atoms with Gasteiger partial charge >= 0.3 is 11.9 Å². The molecule has 0 amide bonds. The Kier molecular flexibility index (Phi) is 9.11. The van der Waals surface area contributed by atoms with Crippen molar-refractivity contribution in [3.8, 4) is 0 Å². The highest BCUT2D eigenvalue weighted by molar-refractivity contribution is 5.75. The topological polar surface area (TPSA) is 116 Å². The first-order chi connectivity index (χ1) is 5.04. The highest BCUT2D eigenvalue weighted by Crippen LogP contribution is 1.85. The van der Waals surface area contributed by atoms with E-state index in [0.717, 1.165) is 6.08 Å². The van der Waals surface area contributed by atoms with E-state index in [1.54, 1.807) is 0 Å². The van der Waals surface area contributed by atoms with Gasteiger partial charge in [0, 0.05) is 0 Å². The number of hydrogen-bond acceptors (Lipinski definition) is 4. The van der Waals surface area contributed by atoms with Crippen LogP contribution in [0.4, 0.5) is 0 Å².